The van der Waals surface area contributed by atoms with Crippen LogP contribution in [0.2, 0.25) is 13.1 Å². The topological polar surface area (TPSA) is 51.2 Å². The average molecular weight is 380 g/mol. The first-order valence-corrected chi connectivity index (χ1v) is 10.2. The van der Waals surface area contributed by atoms with Gasteiger partial charge in [-0.15, -0.1) is 0 Å². The summed E-state index contributed by atoms with van der Waals surface area (Å²) in [6.45, 7) is 4.08. The summed E-state index contributed by atoms with van der Waals surface area (Å²) in [6.07, 6.45) is 4.25. The number of carbonyl (C=O) groups excluding carboxylic acids is 1. The minimum atomic E-state index is -2.81. The number of rotatable bonds is 11. The predicted octanol–water partition coefficient (Wildman–Crippen LogP) is 4.40. The van der Waals surface area contributed by atoms with Gasteiger partial charge in [0.05, 0.1) is 13.0 Å². The molecule has 0 saturated carbocycles. The zero-order valence-corrected chi connectivity index (χ0v) is 16.5. The molecule has 4 nitrogen and oxygen atoms in total. The molecule has 0 fully saturated rings. The number of carbonyl (C=O) groups is 1. The van der Waals surface area contributed by atoms with Gasteiger partial charge >= 0.3 is 5.97 Å². The van der Waals surface area contributed by atoms with E-state index in [1.165, 1.54) is 5.56 Å². The number of unbranched alkanes of at least 4 members (excludes halogenated alkanes) is 1. The van der Waals surface area contributed by atoms with Gasteiger partial charge in [-0.25, -0.2) is 13.8 Å². The van der Waals surface area contributed by atoms with Gasteiger partial charge in [-0.1, -0.05) is 19.2 Å². The molecule has 1 aromatic rings. The summed E-state index contributed by atoms with van der Waals surface area (Å²) in [4.78, 5) is 15.9. The molecule has 0 amide bonds. The fourth-order valence-corrected chi connectivity index (χ4v) is 3.49. The normalized spacial score (nSPS) is 16.4. The number of aryl methyl sites for hydroxylation is 2. The van der Waals surface area contributed by atoms with Gasteiger partial charge in [0.15, 0.2) is 0 Å². The van der Waals surface area contributed by atoms with Crippen LogP contribution >= 0.6 is 0 Å². The first-order valence-electron chi connectivity index (χ1n) is 10.2. The van der Waals surface area contributed by atoms with Gasteiger partial charge in [0.2, 0.25) is 5.92 Å². The maximum atomic E-state index is 13.9. The van der Waals surface area contributed by atoms with Gasteiger partial charge in [0.25, 0.3) is 0 Å². The zero-order valence-electron chi connectivity index (χ0n) is 16.5. The maximum absolute atomic E-state index is 13.9. The third kappa shape index (κ3) is 7.47. The highest BCUT2D eigenvalue weighted by Crippen LogP contribution is 2.28. The molecular formula is C20H31BF2N2O2. The van der Waals surface area contributed by atoms with Crippen LogP contribution in [-0.2, 0) is 22.4 Å². The number of nitrogens with zero attached hydrogens (tertiary/aromatic N) is 1. The first-order chi connectivity index (χ1) is 12.9. The van der Waals surface area contributed by atoms with E-state index in [-0.39, 0.29) is 19.4 Å². The van der Waals surface area contributed by atoms with Crippen molar-refractivity contribution < 1.29 is 18.3 Å². The minimum Gasteiger partial charge on any atom is -0.466 e. The molecule has 2 heterocycles. The van der Waals surface area contributed by atoms with Gasteiger partial charge in [-0.3, -0.25) is 4.79 Å². The number of hydrogen-bond donors (Lipinski definition) is 1. The van der Waals surface area contributed by atoms with Crippen molar-refractivity contribution in [2.24, 2.45) is 0 Å². The zero-order chi connectivity index (χ0) is 19.7. The van der Waals surface area contributed by atoms with Crippen molar-refractivity contribution in [2.45, 2.75) is 83.4 Å². The molecule has 0 aliphatic carbocycles. The Morgan fingerprint density at radius 3 is 2.93 bits per heavy atom. The molecule has 7 heteroatoms. The summed E-state index contributed by atoms with van der Waals surface area (Å²) in [6, 6.07) is 4.61. The Morgan fingerprint density at radius 1 is 1.37 bits per heavy atom. The molecule has 1 aliphatic heterocycles. The van der Waals surface area contributed by atoms with Crippen molar-refractivity contribution in [3.8, 4) is 0 Å². The quantitative estimate of drug-likeness (QED) is 0.351. The van der Waals surface area contributed by atoms with Crippen LogP contribution in [0.3, 0.4) is 0 Å². The van der Waals surface area contributed by atoms with E-state index in [0.29, 0.717) is 25.3 Å². The largest absolute Gasteiger partial charge is 0.466 e. The standard InChI is InChI=1S/C20H31BF2N2O2/c1-3-27-18(26)11-13-20(22,23)12-5-4-6-16-9-7-15-8-10-17(14-21-2)25-19(15)24-16/h7,9,17,21H,3-6,8,10-14H2,1-2H3,(H,24,25). The Hall–Kier alpha value is -1.66. The second-order valence-corrected chi connectivity index (χ2v) is 7.35. The van der Waals surface area contributed by atoms with E-state index in [1.54, 1.807) is 6.92 Å². The SMILES string of the molecule is CBCC1CCc2ccc(CCCCC(F)(F)CCC(=O)OCC)nc2N1. The van der Waals surface area contributed by atoms with Crippen LogP contribution in [0.5, 0.6) is 0 Å². The van der Waals surface area contributed by atoms with E-state index in [9.17, 15) is 13.6 Å². The van der Waals surface area contributed by atoms with Crippen LogP contribution in [0.25, 0.3) is 0 Å². The van der Waals surface area contributed by atoms with Crippen LogP contribution < -0.4 is 5.32 Å². The molecule has 0 aromatic carbocycles. The molecule has 1 aromatic heterocycles. The number of alkyl halides is 2. The Morgan fingerprint density at radius 2 is 2.19 bits per heavy atom. The van der Waals surface area contributed by atoms with Crippen molar-refractivity contribution >= 4 is 19.1 Å². The van der Waals surface area contributed by atoms with Gasteiger partial charge in [-0.05, 0) is 50.7 Å². The number of nitrogens with one attached hydrogen (secondary N) is 1. The fourth-order valence-electron chi connectivity index (χ4n) is 3.49. The Kier molecular flexibility index (Phi) is 8.51. The van der Waals surface area contributed by atoms with Crippen LogP contribution in [0.4, 0.5) is 14.6 Å². The number of esters is 1. The number of halogens is 2. The average Bonchev–Trinajstić information content (AvgIpc) is 2.64. The highest BCUT2D eigenvalue weighted by Gasteiger charge is 2.29. The molecule has 0 bridgehead atoms. The second-order valence-electron chi connectivity index (χ2n) is 7.35. The molecule has 0 radical (unpaired) electrons. The molecule has 27 heavy (non-hydrogen) atoms. The Balaban J connectivity index is 1.74. The van der Waals surface area contributed by atoms with Gasteiger partial charge in [0.1, 0.15) is 13.1 Å². The molecule has 2 rings (SSSR count). The number of aromatic nitrogens is 1. The third-order valence-corrected chi connectivity index (χ3v) is 5.00. The highest BCUT2D eigenvalue weighted by atomic mass is 19.3. The molecule has 1 atom stereocenters. The van der Waals surface area contributed by atoms with E-state index in [0.717, 1.165) is 38.0 Å². The number of pyridine rings is 1. The maximum Gasteiger partial charge on any atom is 0.305 e. The summed E-state index contributed by atoms with van der Waals surface area (Å²) in [5, 5.41) is 3.52. The van der Waals surface area contributed by atoms with E-state index >= 15 is 0 Å². The van der Waals surface area contributed by atoms with Crippen molar-refractivity contribution in [1.29, 1.82) is 0 Å². The van der Waals surface area contributed by atoms with Crippen LogP contribution in [0.15, 0.2) is 12.1 Å². The lowest BCUT2D eigenvalue weighted by Crippen LogP contribution is -2.27. The minimum absolute atomic E-state index is 0.200. The second kappa shape index (κ2) is 10.6. The molecule has 1 aliphatic rings. The van der Waals surface area contributed by atoms with Crippen molar-refractivity contribution in [1.82, 2.24) is 4.98 Å². The van der Waals surface area contributed by atoms with E-state index in [1.807, 2.05) is 6.07 Å². The van der Waals surface area contributed by atoms with E-state index < -0.39 is 18.3 Å². The smallest absolute Gasteiger partial charge is 0.305 e. The monoisotopic (exact) mass is 380 g/mol. The Bertz CT molecular complexity index is 614. The number of hydrogen-bond acceptors (Lipinski definition) is 4. The summed E-state index contributed by atoms with van der Waals surface area (Å²) in [7, 11) is 1.15. The molecular weight excluding hydrogens is 349 g/mol. The fraction of sp³-hybridized carbons (Fsp3) is 0.700. The first kappa shape index (κ1) is 21.6. The van der Waals surface area contributed by atoms with Crippen LogP contribution in [0.1, 0.15) is 56.7 Å². The number of ether oxygens (including phenoxy) is 1. The summed E-state index contributed by atoms with van der Waals surface area (Å²) in [5.74, 6) is -2.40. The highest BCUT2D eigenvalue weighted by molar-refractivity contribution is 6.33. The van der Waals surface area contributed by atoms with Gasteiger partial charge in [-0.2, -0.15) is 0 Å². The Labute approximate surface area is 161 Å². The summed E-state index contributed by atoms with van der Waals surface area (Å²) >= 11 is 0. The third-order valence-electron chi connectivity index (χ3n) is 5.00. The van der Waals surface area contributed by atoms with Crippen LogP contribution in [-0.4, -0.2) is 36.8 Å². The lowest BCUT2D eigenvalue weighted by atomic mass is 9.73. The van der Waals surface area contributed by atoms with E-state index in [4.69, 9.17) is 9.72 Å². The van der Waals surface area contributed by atoms with Gasteiger partial charge in [0, 0.05) is 24.6 Å². The molecule has 1 N–H and O–H groups in total. The van der Waals surface area contributed by atoms with Crippen molar-refractivity contribution in [3.05, 3.63) is 23.4 Å². The lowest BCUT2D eigenvalue weighted by Gasteiger charge is -2.26. The lowest BCUT2D eigenvalue weighted by molar-refractivity contribution is -0.145. The van der Waals surface area contributed by atoms with Crippen molar-refractivity contribution in [3.63, 3.8) is 0 Å². The van der Waals surface area contributed by atoms with Crippen LogP contribution in [0, 0.1) is 0 Å². The van der Waals surface area contributed by atoms with Crippen molar-refractivity contribution in [2.75, 3.05) is 11.9 Å². The van der Waals surface area contributed by atoms with Gasteiger partial charge < -0.3 is 10.1 Å². The molecule has 1 unspecified atom stereocenters. The summed E-state index contributed by atoms with van der Waals surface area (Å²) in [5.41, 5.74) is 2.20. The molecule has 150 valence electrons. The molecule has 0 spiro atoms. The summed E-state index contributed by atoms with van der Waals surface area (Å²) < 4.78 is 32.4. The molecule has 0 saturated heterocycles. The number of anilines is 1. The predicted molar refractivity (Wildman–Crippen MR) is 106 cm³/mol. The number of fused-ring (bicyclic) bond motifs is 1. The van der Waals surface area contributed by atoms with E-state index in [2.05, 4.69) is 18.2 Å².